The number of carboxylic acids is 1. The Kier molecular flexibility index (Phi) is 4.54. The Hall–Kier alpha value is -2.31. The smallest absolute Gasteiger partial charge is 0.303 e. The van der Waals surface area contributed by atoms with Crippen LogP contribution in [0.3, 0.4) is 0 Å². The lowest BCUT2D eigenvalue weighted by atomic mass is 10.1. The van der Waals surface area contributed by atoms with Crippen molar-refractivity contribution in [3.8, 4) is 0 Å². The lowest BCUT2D eigenvalue weighted by molar-refractivity contribution is -0.137. The van der Waals surface area contributed by atoms with Crippen LogP contribution < -0.4 is 0 Å². The average Bonchev–Trinajstić information content (AvgIpc) is 2.85. The predicted octanol–water partition coefficient (Wildman–Crippen LogP) is 0.718. The van der Waals surface area contributed by atoms with Crippen LogP contribution >= 0.6 is 0 Å². The van der Waals surface area contributed by atoms with Crippen LogP contribution in [-0.4, -0.2) is 36.3 Å². The fourth-order valence-electron chi connectivity index (χ4n) is 1.76. The zero-order valence-corrected chi connectivity index (χ0v) is 10.4. The minimum Gasteiger partial charge on any atom is -0.481 e. The van der Waals surface area contributed by atoms with Gasteiger partial charge >= 0.3 is 5.97 Å². The van der Waals surface area contributed by atoms with E-state index in [1.165, 1.54) is 5.56 Å². The number of rotatable bonds is 7. The molecule has 0 bridgehead atoms. The first-order chi connectivity index (χ1) is 9.25. The van der Waals surface area contributed by atoms with Crippen LogP contribution in [0, 0.1) is 0 Å². The molecule has 100 valence electrons. The van der Waals surface area contributed by atoms with Gasteiger partial charge in [0.1, 0.15) is 0 Å². The van der Waals surface area contributed by atoms with Gasteiger partial charge in [0.25, 0.3) is 0 Å². The molecule has 0 aliphatic rings. The molecular weight excluding hydrogens is 246 g/mol. The molecule has 1 N–H and O–H groups in total. The number of hydrogen-bond acceptors (Lipinski definition) is 5. The van der Waals surface area contributed by atoms with E-state index in [1.807, 2.05) is 12.1 Å². The maximum Gasteiger partial charge on any atom is 0.303 e. The molecule has 0 saturated heterocycles. The molecule has 0 atom stereocenters. The first-order valence-electron chi connectivity index (χ1n) is 6.11. The fraction of sp³-hybridized carbons (Fsp3) is 0.417. The topological polar surface area (TPSA) is 93.8 Å². The fourth-order valence-corrected chi connectivity index (χ4v) is 1.76. The van der Waals surface area contributed by atoms with Crippen molar-refractivity contribution in [2.45, 2.75) is 32.2 Å². The number of aryl methyl sites for hydroxylation is 3. The third-order valence-corrected chi connectivity index (χ3v) is 2.75. The summed E-state index contributed by atoms with van der Waals surface area (Å²) in [4.78, 5) is 14.4. The zero-order valence-electron chi connectivity index (χ0n) is 10.4. The Morgan fingerprint density at radius 2 is 2.05 bits per heavy atom. The number of tetrazole rings is 1. The summed E-state index contributed by atoms with van der Waals surface area (Å²) in [6, 6.07) is 3.91. The van der Waals surface area contributed by atoms with Crippen molar-refractivity contribution in [2.75, 3.05) is 0 Å². The minimum atomic E-state index is -0.800. The molecule has 7 heteroatoms. The van der Waals surface area contributed by atoms with E-state index < -0.39 is 5.97 Å². The number of pyridine rings is 1. The standard InChI is InChI=1S/C12H15N5O2/c18-12(19)2-1-9-17-11(14-15-16-17)4-3-10-5-7-13-8-6-10/h5-8H,1-4,9H2,(H,18,19). The number of aromatic nitrogens is 5. The van der Waals surface area contributed by atoms with Crippen molar-refractivity contribution in [1.82, 2.24) is 25.2 Å². The largest absolute Gasteiger partial charge is 0.481 e. The lowest BCUT2D eigenvalue weighted by Gasteiger charge is -2.03. The highest BCUT2D eigenvalue weighted by atomic mass is 16.4. The van der Waals surface area contributed by atoms with E-state index in [4.69, 9.17) is 5.11 Å². The van der Waals surface area contributed by atoms with Crippen molar-refractivity contribution in [3.05, 3.63) is 35.9 Å². The SMILES string of the molecule is O=C(O)CCCn1nnnc1CCc1ccncc1. The summed E-state index contributed by atoms with van der Waals surface area (Å²) >= 11 is 0. The Morgan fingerprint density at radius 1 is 1.26 bits per heavy atom. The number of nitrogens with zero attached hydrogens (tertiary/aromatic N) is 5. The minimum absolute atomic E-state index is 0.129. The van der Waals surface area contributed by atoms with E-state index in [2.05, 4.69) is 20.5 Å². The quantitative estimate of drug-likeness (QED) is 0.789. The summed E-state index contributed by atoms with van der Waals surface area (Å²) in [5, 5.41) is 20.1. The zero-order chi connectivity index (χ0) is 13.5. The van der Waals surface area contributed by atoms with Crippen LogP contribution in [-0.2, 0) is 24.2 Å². The molecular formula is C12H15N5O2. The highest BCUT2D eigenvalue weighted by molar-refractivity contribution is 5.66. The predicted molar refractivity (Wildman–Crippen MR) is 66.3 cm³/mol. The van der Waals surface area contributed by atoms with E-state index in [1.54, 1.807) is 17.1 Å². The monoisotopic (exact) mass is 261 g/mol. The summed E-state index contributed by atoms with van der Waals surface area (Å²) in [5.74, 6) is -0.0198. The summed E-state index contributed by atoms with van der Waals surface area (Å²) in [5.41, 5.74) is 1.18. The molecule has 0 amide bonds. The van der Waals surface area contributed by atoms with E-state index in [0.717, 1.165) is 18.7 Å². The molecule has 0 saturated carbocycles. The van der Waals surface area contributed by atoms with Crippen molar-refractivity contribution in [3.63, 3.8) is 0 Å². The Morgan fingerprint density at radius 3 is 2.79 bits per heavy atom. The van der Waals surface area contributed by atoms with Gasteiger partial charge in [0, 0.05) is 31.8 Å². The highest BCUT2D eigenvalue weighted by Gasteiger charge is 2.07. The maximum absolute atomic E-state index is 10.5. The van der Waals surface area contributed by atoms with Gasteiger partial charge in [0.15, 0.2) is 5.82 Å². The molecule has 7 nitrogen and oxygen atoms in total. The van der Waals surface area contributed by atoms with Crippen LogP contribution in [0.5, 0.6) is 0 Å². The van der Waals surface area contributed by atoms with Crippen LogP contribution in [0.15, 0.2) is 24.5 Å². The van der Waals surface area contributed by atoms with Crippen molar-refractivity contribution >= 4 is 5.97 Å². The molecule has 19 heavy (non-hydrogen) atoms. The molecule has 0 aliphatic carbocycles. The molecule has 0 radical (unpaired) electrons. The molecule has 0 fully saturated rings. The maximum atomic E-state index is 10.5. The van der Waals surface area contributed by atoms with Crippen molar-refractivity contribution < 1.29 is 9.90 Å². The molecule has 0 spiro atoms. The summed E-state index contributed by atoms with van der Waals surface area (Å²) in [6.07, 6.45) is 5.73. The molecule has 2 aromatic rings. The van der Waals surface area contributed by atoms with Crippen LogP contribution in [0.25, 0.3) is 0 Å². The summed E-state index contributed by atoms with van der Waals surface area (Å²) in [6.45, 7) is 0.533. The van der Waals surface area contributed by atoms with Gasteiger partial charge in [0.2, 0.25) is 0 Å². The van der Waals surface area contributed by atoms with Crippen molar-refractivity contribution in [1.29, 1.82) is 0 Å². The van der Waals surface area contributed by atoms with Gasteiger partial charge in [-0.1, -0.05) is 0 Å². The summed E-state index contributed by atoms with van der Waals surface area (Å²) < 4.78 is 1.67. The highest BCUT2D eigenvalue weighted by Crippen LogP contribution is 2.04. The molecule has 0 unspecified atom stereocenters. The first kappa shape index (κ1) is 13.1. The first-order valence-corrected chi connectivity index (χ1v) is 6.11. The van der Waals surface area contributed by atoms with Gasteiger partial charge in [-0.3, -0.25) is 9.78 Å². The third kappa shape index (κ3) is 4.13. The molecule has 0 aromatic carbocycles. The van der Waals surface area contributed by atoms with E-state index in [-0.39, 0.29) is 6.42 Å². The average molecular weight is 261 g/mol. The Balaban J connectivity index is 1.87. The normalized spacial score (nSPS) is 10.5. The van der Waals surface area contributed by atoms with Gasteiger partial charge < -0.3 is 5.11 Å². The van der Waals surface area contributed by atoms with Crippen LogP contribution in [0.2, 0.25) is 0 Å². The van der Waals surface area contributed by atoms with Crippen LogP contribution in [0.1, 0.15) is 24.2 Å². The second-order valence-corrected chi connectivity index (χ2v) is 4.17. The summed E-state index contributed by atoms with van der Waals surface area (Å²) in [7, 11) is 0. The Labute approximate surface area is 110 Å². The number of carbonyl (C=O) groups is 1. The van der Waals surface area contributed by atoms with Gasteiger partial charge in [-0.15, -0.1) is 5.10 Å². The van der Waals surface area contributed by atoms with Crippen molar-refractivity contribution in [2.24, 2.45) is 0 Å². The molecule has 2 heterocycles. The Bertz CT molecular complexity index is 526. The number of aliphatic carboxylic acids is 1. The lowest BCUT2D eigenvalue weighted by Crippen LogP contribution is -2.09. The molecule has 2 aromatic heterocycles. The van der Waals surface area contributed by atoms with E-state index in [0.29, 0.717) is 13.0 Å². The number of carboxylic acid groups (broad SMARTS) is 1. The third-order valence-electron chi connectivity index (χ3n) is 2.75. The van der Waals surface area contributed by atoms with E-state index in [9.17, 15) is 4.79 Å². The van der Waals surface area contributed by atoms with Gasteiger partial charge in [-0.05, 0) is 41.0 Å². The van der Waals surface area contributed by atoms with Gasteiger partial charge in [-0.25, -0.2) is 4.68 Å². The van der Waals surface area contributed by atoms with Gasteiger partial charge in [0.05, 0.1) is 0 Å². The van der Waals surface area contributed by atoms with Crippen LogP contribution in [0.4, 0.5) is 0 Å². The second-order valence-electron chi connectivity index (χ2n) is 4.17. The molecule has 0 aliphatic heterocycles. The molecule has 2 rings (SSSR count). The van der Waals surface area contributed by atoms with Gasteiger partial charge in [-0.2, -0.15) is 0 Å². The second kappa shape index (κ2) is 6.58. The van der Waals surface area contributed by atoms with E-state index >= 15 is 0 Å². The number of hydrogen-bond donors (Lipinski definition) is 1.